The smallest absolute Gasteiger partial charge is 0.337 e. The summed E-state index contributed by atoms with van der Waals surface area (Å²) < 4.78 is 30.1. The van der Waals surface area contributed by atoms with Crippen molar-refractivity contribution in [1.82, 2.24) is 0 Å². The molecule has 18 heavy (non-hydrogen) atoms. The Labute approximate surface area is 111 Å². The van der Waals surface area contributed by atoms with E-state index in [1.165, 1.54) is 31.4 Å². The fourth-order valence-corrected chi connectivity index (χ4v) is 2.68. The van der Waals surface area contributed by atoms with Gasteiger partial charge in [0.15, 0.2) is 0 Å². The van der Waals surface area contributed by atoms with Crippen LogP contribution in [0, 0.1) is 0 Å². The van der Waals surface area contributed by atoms with Crippen LogP contribution in [0.15, 0.2) is 24.3 Å². The number of nitrogens with one attached hydrogen (secondary N) is 1. The number of carbonyl (C=O) groups is 1. The van der Waals surface area contributed by atoms with E-state index in [4.69, 9.17) is 11.6 Å². The minimum absolute atomic E-state index is 0.0325. The molecule has 7 heteroatoms. The van der Waals surface area contributed by atoms with Crippen molar-refractivity contribution < 1.29 is 17.9 Å². The summed E-state index contributed by atoms with van der Waals surface area (Å²) >= 11 is 5.44. The maximum Gasteiger partial charge on any atom is 0.337 e. The van der Waals surface area contributed by atoms with Crippen LogP contribution in [0.4, 0.5) is 5.69 Å². The van der Waals surface area contributed by atoms with Gasteiger partial charge in [0.05, 0.1) is 18.4 Å². The Morgan fingerprint density at radius 3 is 2.44 bits per heavy atom. The number of carbonyl (C=O) groups excluding carboxylic acids is 1. The third kappa shape index (κ3) is 4.54. The van der Waals surface area contributed by atoms with Crippen LogP contribution in [0.2, 0.25) is 0 Å². The zero-order chi connectivity index (χ0) is 13.6. The summed E-state index contributed by atoms with van der Waals surface area (Å²) in [6, 6.07) is 5.99. The number of benzene rings is 1. The first-order valence-electron chi connectivity index (χ1n) is 5.23. The van der Waals surface area contributed by atoms with Gasteiger partial charge in [0.2, 0.25) is 10.0 Å². The average molecular weight is 292 g/mol. The van der Waals surface area contributed by atoms with Gasteiger partial charge in [-0.1, -0.05) is 0 Å². The summed E-state index contributed by atoms with van der Waals surface area (Å²) in [6.07, 6.45) is 0.386. The summed E-state index contributed by atoms with van der Waals surface area (Å²) in [5.74, 6) is -0.205. The number of ether oxygens (including phenoxy) is 1. The van der Waals surface area contributed by atoms with E-state index in [1.54, 1.807) is 0 Å². The number of rotatable bonds is 6. The number of alkyl halides is 1. The molecule has 1 aromatic rings. The van der Waals surface area contributed by atoms with Gasteiger partial charge in [0.25, 0.3) is 0 Å². The van der Waals surface area contributed by atoms with E-state index in [1.807, 2.05) is 0 Å². The number of hydrogen-bond donors (Lipinski definition) is 1. The van der Waals surface area contributed by atoms with E-state index < -0.39 is 16.0 Å². The average Bonchev–Trinajstić information content (AvgIpc) is 2.36. The van der Waals surface area contributed by atoms with E-state index >= 15 is 0 Å². The second-order valence-corrected chi connectivity index (χ2v) is 5.75. The van der Waals surface area contributed by atoms with Gasteiger partial charge in [0.1, 0.15) is 0 Å². The molecule has 0 aliphatic heterocycles. The van der Waals surface area contributed by atoms with E-state index in [-0.39, 0.29) is 5.75 Å². The molecule has 0 heterocycles. The standard InChI is InChI=1S/C11H14ClNO4S/c1-17-11(14)9-3-5-10(6-4-9)13-18(15,16)8-2-7-12/h3-6,13H,2,7-8H2,1H3. The fraction of sp³-hybridized carbons (Fsp3) is 0.364. The fourth-order valence-electron chi connectivity index (χ4n) is 1.27. The molecule has 0 saturated heterocycles. The predicted octanol–water partition coefficient (Wildman–Crippen LogP) is 1.84. The molecule has 0 unspecified atom stereocenters. The first-order chi connectivity index (χ1) is 8.48. The van der Waals surface area contributed by atoms with Crippen LogP contribution >= 0.6 is 11.6 Å². The first-order valence-corrected chi connectivity index (χ1v) is 7.42. The quantitative estimate of drug-likeness (QED) is 0.641. The maximum absolute atomic E-state index is 11.6. The van der Waals surface area contributed by atoms with Crippen molar-refractivity contribution in [2.24, 2.45) is 0 Å². The lowest BCUT2D eigenvalue weighted by Crippen LogP contribution is -2.17. The van der Waals surface area contributed by atoms with Gasteiger partial charge in [-0.25, -0.2) is 13.2 Å². The largest absolute Gasteiger partial charge is 0.465 e. The van der Waals surface area contributed by atoms with Gasteiger partial charge in [-0.05, 0) is 30.7 Å². The predicted molar refractivity (Wildman–Crippen MR) is 70.5 cm³/mol. The van der Waals surface area contributed by atoms with Crippen molar-refractivity contribution in [1.29, 1.82) is 0 Å². The molecular weight excluding hydrogens is 278 g/mol. The molecule has 5 nitrogen and oxygen atoms in total. The Kier molecular flexibility index (Phi) is 5.43. The minimum Gasteiger partial charge on any atom is -0.465 e. The molecule has 1 rings (SSSR count). The third-order valence-electron chi connectivity index (χ3n) is 2.13. The molecule has 0 saturated carbocycles. The van der Waals surface area contributed by atoms with Gasteiger partial charge in [-0.15, -0.1) is 11.6 Å². The second-order valence-electron chi connectivity index (χ2n) is 3.53. The topological polar surface area (TPSA) is 72.5 Å². The van der Waals surface area contributed by atoms with Gasteiger partial charge in [0, 0.05) is 11.6 Å². The lowest BCUT2D eigenvalue weighted by atomic mass is 10.2. The monoisotopic (exact) mass is 291 g/mol. The Bertz CT molecular complexity index is 498. The van der Waals surface area contributed by atoms with E-state index in [9.17, 15) is 13.2 Å². The van der Waals surface area contributed by atoms with Gasteiger partial charge in [-0.3, -0.25) is 4.72 Å². The number of anilines is 1. The summed E-state index contributed by atoms with van der Waals surface area (Å²) in [5, 5.41) is 0. The summed E-state index contributed by atoms with van der Waals surface area (Å²) in [7, 11) is -2.10. The van der Waals surface area contributed by atoms with Crippen LogP contribution < -0.4 is 4.72 Å². The van der Waals surface area contributed by atoms with Gasteiger partial charge < -0.3 is 4.74 Å². The molecule has 0 amide bonds. The second kappa shape index (κ2) is 6.61. The van der Waals surface area contributed by atoms with Crippen LogP contribution in [0.3, 0.4) is 0 Å². The molecule has 100 valence electrons. The normalized spacial score (nSPS) is 11.0. The van der Waals surface area contributed by atoms with Crippen molar-refractivity contribution in [3.8, 4) is 0 Å². The number of methoxy groups -OCH3 is 1. The van der Waals surface area contributed by atoms with E-state index in [2.05, 4.69) is 9.46 Å². The number of hydrogen-bond acceptors (Lipinski definition) is 4. The van der Waals surface area contributed by atoms with Crippen LogP contribution in [0.25, 0.3) is 0 Å². The lowest BCUT2D eigenvalue weighted by molar-refractivity contribution is 0.0601. The van der Waals surface area contributed by atoms with Crippen molar-refractivity contribution >= 4 is 33.3 Å². The van der Waals surface area contributed by atoms with E-state index in [0.717, 1.165) is 0 Å². The Morgan fingerprint density at radius 2 is 1.94 bits per heavy atom. The van der Waals surface area contributed by atoms with E-state index in [0.29, 0.717) is 23.6 Å². The first kappa shape index (κ1) is 14.8. The van der Waals surface area contributed by atoms with Crippen molar-refractivity contribution in [3.63, 3.8) is 0 Å². The molecule has 1 N–H and O–H groups in total. The molecule has 0 aliphatic rings. The van der Waals surface area contributed by atoms with Crippen LogP contribution in [0.1, 0.15) is 16.8 Å². The van der Waals surface area contributed by atoms with Gasteiger partial charge >= 0.3 is 5.97 Å². The third-order valence-corrected chi connectivity index (χ3v) is 3.77. The highest BCUT2D eigenvalue weighted by molar-refractivity contribution is 7.92. The molecule has 0 aliphatic carbocycles. The lowest BCUT2D eigenvalue weighted by Gasteiger charge is -2.07. The highest BCUT2D eigenvalue weighted by Gasteiger charge is 2.10. The SMILES string of the molecule is COC(=O)c1ccc(NS(=O)(=O)CCCCl)cc1. The number of esters is 1. The Hall–Kier alpha value is -1.27. The van der Waals surface area contributed by atoms with Crippen LogP contribution in [0.5, 0.6) is 0 Å². The molecule has 0 atom stereocenters. The Morgan fingerprint density at radius 1 is 1.33 bits per heavy atom. The summed E-state index contributed by atoms with van der Waals surface area (Å²) in [5.41, 5.74) is 0.762. The van der Waals surface area contributed by atoms with Crippen molar-refractivity contribution in [2.75, 3.05) is 23.5 Å². The van der Waals surface area contributed by atoms with Crippen LogP contribution in [-0.4, -0.2) is 33.1 Å². The van der Waals surface area contributed by atoms with Gasteiger partial charge in [-0.2, -0.15) is 0 Å². The number of sulfonamides is 1. The highest BCUT2D eigenvalue weighted by atomic mass is 35.5. The maximum atomic E-state index is 11.6. The molecule has 0 bridgehead atoms. The molecule has 0 fully saturated rings. The molecular formula is C11H14ClNO4S. The highest BCUT2D eigenvalue weighted by Crippen LogP contribution is 2.12. The van der Waals surface area contributed by atoms with Crippen LogP contribution in [-0.2, 0) is 14.8 Å². The molecule has 1 aromatic carbocycles. The molecule has 0 aromatic heterocycles. The molecule has 0 spiro atoms. The van der Waals surface area contributed by atoms with Crippen molar-refractivity contribution in [3.05, 3.63) is 29.8 Å². The Balaban J connectivity index is 2.72. The van der Waals surface area contributed by atoms with Crippen molar-refractivity contribution in [2.45, 2.75) is 6.42 Å². The minimum atomic E-state index is -3.39. The summed E-state index contributed by atoms with van der Waals surface area (Å²) in [4.78, 5) is 11.2. The zero-order valence-corrected chi connectivity index (χ0v) is 11.4. The molecule has 0 radical (unpaired) electrons. The number of halogens is 1. The zero-order valence-electron chi connectivity index (χ0n) is 9.85. The summed E-state index contributed by atoms with van der Waals surface area (Å²) in [6.45, 7) is 0.